The zero-order chi connectivity index (χ0) is 13.3. The largest absolute Gasteiger partial charge is 0.506 e. The van der Waals surface area contributed by atoms with Gasteiger partial charge in [-0.05, 0) is 18.2 Å². The van der Waals surface area contributed by atoms with Gasteiger partial charge in [0.05, 0.1) is 5.02 Å². The third-order valence-corrected chi connectivity index (χ3v) is 4.43. The maximum atomic E-state index is 12.3. The monoisotopic (exact) mass is 285 g/mol. The molecule has 1 fully saturated rings. The van der Waals surface area contributed by atoms with Crippen LogP contribution in [0.2, 0.25) is 5.02 Å². The number of rotatable bonds is 1. The Morgan fingerprint density at radius 1 is 1.39 bits per heavy atom. The van der Waals surface area contributed by atoms with Gasteiger partial charge < -0.3 is 10.0 Å². The van der Waals surface area contributed by atoms with Crippen molar-refractivity contribution < 1.29 is 9.90 Å². The molecule has 0 radical (unpaired) electrons. The number of hydrogen-bond donors (Lipinski definition) is 1. The quantitative estimate of drug-likeness (QED) is 0.862. The van der Waals surface area contributed by atoms with Gasteiger partial charge in [0, 0.05) is 29.2 Å². The molecule has 1 N–H and O–H groups in total. The molecule has 0 aliphatic carbocycles. The topological polar surface area (TPSA) is 40.5 Å². The highest BCUT2D eigenvalue weighted by Gasteiger charge is 2.26. The van der Waals surface area contributed by atoms with Crippen molar-refractivity contribution in [2.45, 2.75) is 24.3 Å². The molecule has 2 rings (SSSR count). The number of carbonyl (C=O) groups is 1. The Morgan fingerprint density at radius 3 is 2.56 bits per heavy atom. The van der Waals surface area contributed by atoms with E-state index in [1.54, 1.807) is 6.07 Å². The third-order valence-electron chi connectivity index (χ3n) is 2.90. The molecule has 1 aliphatic heterocycles. The summed E-state index contributed by atoms with van der Waals surface area (Å²) in [6, 6.07) is 4.60. The predicted molar refractivity (Wildman–Crippen MR) is 75.5 cm³/mol. The van der Waals surface area contributed by atoms with Crippen LogP contribution in [-0.2, 0) is 0 Å². The van der Waals surface area contributed by atoms with E-state index >= 15 is 0 Å². The van der Waals surface area contributed by atoms with Crippen molar-refractivity contribution in [1.29, 1.82) is 0 Å². The first-order chi connectivity index (χ1) is 8.47. The normalized spacial score (nSPS) is 24.1. The lowest BCUT2D eigenvalue weighted by atomic mass is 10.1. The number of amides is 1. The van der Waals surface area contributed by atoms with Crippen LogP contribution >= 0.6 is 23.4 Å². The Kier molecular flexibility index (Phi) is 4.07. The molecule has 3 nitrogen and oxygen atoms in total. The lowest BCUT2D eigenvalue weighted by molar-refractivity contribution is 0.0753. The van der Waals surface area contributed by atoms with E-state index in [1.165, 1.54) is 12.1 Å². The summed E-state index contributed by atoms with van der Waals surface area (Å²) in [6.07, 6.45) is 0. The van der Waals surface area contributed by atoms with E-state index < -0.39 is 0 Å². The summed E-state index contributed by atoms with van der Waals surface area (Å²) in [5.41, 5.74) is 0.532. The van der Waals surface area contributed by atoms with Gasteiger partial charge in [-0.2, -0.15) is 11.8 Å². The fraction of sp³-hybridized carbons (Fsp3) is 0.462. The van der Waals surface area contributed by atoms with Gasteiger partial charge in [0.1, 0.15) is 5.75 Å². The summed E-state index contributed by atoms with van der Waals surface area (Å²) in [5, 5.41) is 10.5. The van der Waals surface area contributed by atoms with Crippen LogP contribution in [0.5, 0.6) is 5.75 Å². The van der Waals surface area contributed by atoms with Crippen molar-refractivity contribution in [3.05, 3.63) is 28.8 Å². The molecule has 1 saturated heterocycles. The maximum Gasteiger partial charge on any atom is 0.253 e. The van der Waals surface area contributed by atoms with Crippen molar-refractivity contribution in [2.24, 2.45) is 0 Å². The zero-order valence-electron chi connectivity index (χ0n) is 10.4. The molecular weight excluding hydrogens is 270 g/mol. The first-order valence-electron chi connectivity index (χ1n) is 5.90. The Morgan fingerprint density at radius 2 is 2.00 bits per heavy atom. The predicted octanol–water partition coefficient (Wildman–Crippen LogP) is 3.01. The van der Waals surface area contributed by atoms with Crippen LogP contribution in [0.25, 0.3) is 0 Å². The van der Waals surface area contributed by atoms with Crippen LogP contribution in [-0.4, -0.2) is 39.5 Å². The molecule has 0 aromatic heterocycles. The van der Waals surface area contributed by atoms with Gasteiger partial charge in [-0.15, -0.1) is 0 Å². The molecule has 5 heteroatoms. The van der Waals surface area contributed by atoms with Crippen LogP contribution in [0, 0.1) is 0 Å². The highest BCUT2D eigenvalue weighted by atomic mass is 35.5. The van der Waals surface area contributed by atoms with Crippen LogP contribution in [0.3, 0.4) is 0 Å². The first-order valence-corrected chi connectivity index (χ1v) is 7.22. The van der Waals surface area contributed by atoms with E-state index in [2.05, 4.69) is 13.8 Å². The minimum absolute atomic E-state index is 0.00384. The van der Waals surface area contributed by atoms with E-state index in [-0.39, 0.29) is 16.7 Å². The molecule has 98 valence electrons. The van der Waals surface area contributed by atoms with Gasteiger partial charge in [-0.3, -0.25) is 4.79 Å². The fourth-order valence-electron chi connectivity index (χ4n) is 2.17. The minimum Gasteiger partial charge on any atom is -0.506 e. The molecule has 1 aromatic rings. The second-order valence-electron chi connectivity index (χ2n) is 4.63. The molecule has 2 unspecified atom stereocenters. The number of phenolic OH excluding ortho intramolecular Hbond substituents is 1. The van der Waals surface area contributed by atoms with Crippen molar-refractivity contribution in [2.75, 3.05) is 13.1 Å². The van der Waals surface area contributed by atoms with E-state index in [0.717, 1.165) is 13.1 Å². The number of thioether (sulfide) groups is 1. The van der Waals surface area contributed by atoms with Gasteiger partial charge in [0.25, 0.3) is 5.91 Å². The SMILES string of the molecule is CC1CN(C(=O)c2ccc(O)c(Cl)c2)CC(C)S1. The Labute approximate surface area is 116 Å². The van der Waals surface area contributed by atoms with Crippen LogP contribution in [0.1, 0.15) is 24.2 Å². The molecule has 2 atom stereocenters. The van der Waals surface area contributed by atoms with Crippen LogP contribution in [0.15, 0.2) is 18.2 Å². The van der Waals surface area contributed by atoms with Crippen LogP contribution < -0.4 is 0 Å². The average molecular weight is 286 g/mol. The number of nitrogens with zero attached hydrogens (tertiary/aromatic N) is 1. The molecule has 1 heterocycles. The number of phenols is 1. The standard InChI is InChI=1S/C13H16ClNO2S/c1-8-6-15(7-9(2)18-8)13(17)10-3-4-12(16)11(14)5-10/h3-5,8-9,16H,6-7H2,1-2H3. The lowest BCUT2D eigenvalue weighted by Crippen LogP contribution is -2.44. The zero-order valence-corrected chi connectivity index (χ0v) is 12.0. The molecule has 18 heavy (non-hydrogen) atoms. The lowest BCUT2D eigenvalue weighted by Gasteiger charge is -2.34. The van der Waals surface area contributed by atoms with E-state index in [4.69, 9.17) is 11.6 Å². The Hall–Kier alpha value is -0.870. The molecular formula is C13H16ClNO2S. The molecule has 1 aromatic carbocycles. The second-order valence-corrected chi connectivity index (χ2v) is 6.92. The number of carbonyl (C=O) groups excluding carboxylic acids is 1. The summed E-state index contributed by atoms with van der Waals surface area (Å²) in [4.78, 5) is 14.2. The molecule has 1 aliphatic rings. The van der Waals surface area contributed by atoms with Gasteiger partial charge in [-0.25, -0.2) is 0 Å². The minimum atomic E-state index is -0.0177. The summed E-state index contributed by atoms with van der Waals surface area (Å²) < 4.78 is 0. The fourth-order valence-corrected chi connectivity index (χ4v) is 3.67. The molecule has 0 saturated carbocycles. The first kappa shape index (κ1) is 13.6. The molecule has 1 amide bonds. The number of benzene rings is 1. The van der Waals surface area contributed by atoms with Crippen molar-refractivity contribution >= 4 is 29.3 Å². The number of halogens is 1. The summed E-state index contributed by atoms with van der Waals surface area (Å²) >= 11 is 7.73. The second kappa shape index (κ2) is 5.41. The van der Waals surface area contributed by atoms with Gasteiger partial charge >= 0.3 is 0 Å². The third kappa shape index (κ3) is 2.93. The van der Waals surface area contributed by atoms with Crippen molar-refractivity contribution in [1.82, 2.24) is 4.90 Å². The highest BCUT2D eigenvalue weighted by Crippen LogP contribution is 2.28. The number of aromatic hydroxyl groups is 1. The molecule has 0 bridgehead atoms. The highest BCUT2D eigenvalue weighted by molar-refractivity contribution is 8.00. The smallest absolute Gasteiger partial charge is 0.253 e. The Bertz CT molecular complexity index is 456. The summed E-state index contributed by atoms with van der Waals surface area (Å²) in [6.45, 7) is 5.77. The van der Waals surface area contributed by atoms with Crippen molar-refractivity contribution in [3.8, 4) is 5.75 Å². The van der Waals surface area contributed by atoms with Gasteiger partial charge in [0.15, 0.2) is 0 Å². The maximum absolute atomic E-state index is 12.3. The van der Waals surface area contributed by atoms with E-state index in [9.17, 15) is 9.90 Å². The van der Waals surface area contributed by atoms with E-state index in [1.807, 2.05) is 16.7 Å². The van der Waals surface area contributed by atoms with E-state index in [0.29, 0.717) is 16.1 Å². The van der Waals surface area contributed by atoms with Crippen LogP contribution in [0.4, 0.5) is 0 Å². The summed E-state index contributed by atoms with van der Waals surface area (Å²) in [5.74, 6) is -0.0138. The molecule has 0 spiro atoms. The number of hydrogen-bond acceptors (Lipinski definition) is 3. The Balaban J connectivity index is 2.17. The average Bonchev–Trinajstić information content (AvgIpc) is 2.30. The van der Waals surface area contributed by atoms with Gasteiger partial charge in [0.2, 0.25) is 0 Å². The van der Waals surface area contributed by atoms with Crippen molar-refractivity contribution in [3.63, 3.8) is 0 Å². The van der Waals surface area contributed by atoms with Gasteiger partial charge in [-0.1, -0.05) is 25.4 Å². The summed E-state index contributed by atoms with van der Waals surface area (Å²) in [7, 11) is 0.